The van der Waals surface area contributed by atoms with Gasteiger partial charge in [0, 0.05) is 0 Å². The zero-order chi connectivity index (χ0) is 17.2. The van der Waals surface area contributed by atoms with E-state index in [4.69, 9.17) is 0 Å². The number of carbonyl (C=O) groups is 2. The van der Waals surface area contributed by atoms with E-state index in [1.54, 1.807) is 20.8 Å². The van der Waals surface area contributed by atoms with Gasteiger partial charge in [-0.2, -0.15) is 0 Å². The molecule has 0 radical (unpaired) electrons. The van der Waals surface area contributed by atoms with E-state index in [-0.39, 0.29) is 26.7 Å². The number of aliphatic carboxylic acids is 2. The molecule has 0 aliphatic rings. The number of carboxylic acids is 2. The summed E-state index contributed by atoms with van der Waals surface area (Å²) in [7, 11) is 0. The first kappa shape index (κ1) is 24.8. The van der Waals surface area contributed by atoms with E-state index in [1.807, 2.05) is 0 Å². The molecular weight excluding hydrogens is 287 g/mol. The zero-order valence-electron chi connectivity index (χ0n) is 16.8. The second-order valence-electron chi connectivity index (χ2n) is 7.34. The van der Waals surface area contributed by atoms with Gasteiger partial charge in [-0.15, -0.1) is 0 Å². The van der Waals surface area contributed by atoms with Gasteiger partial charge >= 0.3 is 30.8 Å². The molecule has 0 rings (SSSR count). The van der Waals surface area contributed by atoms with Gasteiger partial charge in [0.1, 0.15) is 0 Å². The van der Waals surface area contributed by atoms with E-state index < -0.39 is 22.8 Å². The minimum absolute atomic E-state index is 0. The number of hydrogen-bond acceptors (Lipinski definition) is 2. The minimum Gasteiger partial charge on any atom is -1.00 e. The summed E-state index contributed by atoms with van der Waals surface area (Å²) in [5, 5.41) is 18.9. The summed E-state index contributed by atoms with van der Waals surface area (Å²) in [6.45, 7) is 7.29. The molecule has 0 saturated heterocycles. The summed E-state index contributed by atoms with van der Waals surface area (Å²) in [4.78, 5) is 23.2. The van der Waals surface area contributed by atoms with Crippen LogP contribution in [0.25, 0.3) is 0 Å². The van der Waals surface area contributed by atoms with Crippen molar-refractivity contribution in [3.8, 4) is 0 Å². The first-order valence-corrected chi connectivity index (χ1v) is 8.67. The zero-order valence-corrected chi connectivity index (χ0v) is 15.8. The monoisotopic (exact) mass is 322 g/mol. The standard InChI is InChI=1S/C18H34O4.Li.H/c1-5-6-7-8-9-10-11-12-13-14-18(15(19)20,16(21)22)17(2,3)4;;/h5-14H2,1-4H3,(H,19,20)(H,21,22);;/q;+1;-1. The van der Waals surface area contributed by atoms with Crippen LogP contribution < -0.4 is 18.9 Å². The van der Waals surface area contributed by atoms with Crippen molar-refractivity contribution in [2.24, 2.45) is 10.8 Å². The third kappa shape index (κ3) is 7.77. The van der Waals surface area contributed by atoms with Crippen LogP contribution in [0.15, 0.2) is 0 Å². The fraction of sp³-hybridized carbons (Fsp3) is 0.889. The van der Waals surface area contributed by atoms with Gasteiger partial charge in [-0.05, 0) is 11.8 Å². The van der Waals surface area contributed by atoms with Crippen molar-refractivity contribution in [2.45, 2.75) is 91.9 Å². The van der Waals surface area contributed by atoms with Crippen molar-refractivity contribution < 1.29 is 40.1 Å². The summed E-state index contributed by atoms with van der Waals surface area (Å²) < 4.78 is 0. The van der Waals surface area contributed by atoms with Crippen molar-refractivity contribution in [1.82, 2.24) is 0 Å². The first-order valence-electron chi connectivity index (χ1n) is 8.67. The number of carboxylic acid groups (broad SMARTS) is 2. The second-order valence-corrected chi connectivity index (χ2v) is 7.34. The van der Waals surface area contributed by atoms with E-state index in [0.29, 0.717) is 6.42 Å². The van der Waals surface area contributed by atoms with E-state index in [2.05, 4.69) is 6.92 Å². The molecule has 132 valence electrons. The Morgan fingerprint density at radius 1 is 0.783 bits per heavy atom. The average molecular weight is 322 g/mol. The van der Waals surface area contributed by atoms with E-state index >= 15 is 0 Å². The maximum atomic E-state index is 11.6. The predicted molar refractivity (Wildman–Crippen MR) is 90.1 cm³/mol. The van der Waals surface area contributed by atoms with Crippen molar-refractivity contribution in [1.29, 1.82) is 0 Å². The van der Waals surface area contributed by atoms with Gasteiger partial charge in [0.15, 0.2) is 5.41 Å². The molecule has 0 bridgehead atoms. The van der Waals surface area contributed by atoms with Crippen LogP contribution in [0.5, 0.6) is 0 Å². The van der Waals surface area contributed by atoms with Crippen LogP contribution in [0, 0.1) is 10.8 Å². The van der Waals surface area contributed by atoms with Gasteiger partial charge in [0.25, 0.3) is 0 Å². The fourth-order valence-electron chi connectivity index (χ4n) is 3.02. The Morgan fingerprint density at radius 3 is 1.43 bits per heavy atom. The Balaban J connectivity index is -0.00000220. The van der Waals surface area contributed by atoms with Crippen LogP contribution in [0.2, 0.25) is 0 Å². The molecule has 0 amide bonds. The van der Waals surface area contributed by atoms with E-state index in [1.165, 1.54) is 32.1 Å². The molecule has 2 N–H and O–H groups in total. The normalized spacial score (nSPS) is 11.8. The van der Waals surface area contributed by atoms with Crippen LogP contribution >= 0.6 is 0 Å². The molecule has 5 heteroatoms. The maximum absolute atomic E-state index is 11.6. The molecule has 0 spiro atoms. The molecule has 0 aromatic carbocycles. The summed E-state index contributed by atoms with van der Waals surface area (Å²) in [5.74, 6) is -2.43. The Bertz CT molecular complexity index is 339. The molecule has 23 heavy (non-hydrogen) atoms. The van der Waals surface area contributed by atoms with Crippen LogP contribution in [0.3, 0.4) is 0 Å². The second kappa shape index (κ2) is 12.0. The van der Waals surface area contributed by atoms with E-state index in [9.17, 15) is 19.8 Å². The average Bonchev–Trinajstić information content (AvgIpc) is 2.38. The molecule has 4 nitrogen and oxygen atoms in total. The van der Waals surface area contributed by atoms with Crippen LogP contribution in [0.1, 0.15) is 93.3 Å². The minimum atomic E-state index is -1.69. The van der Waals surface area contributed by atoms with Gasteiger partial charge in [-0.1, -0.05) is 85.5 Å². The number of rotatable bonds is 12. The summed E-state index contributed by atoms with van der Waals surface area (Å²) in [6, 6.07) is 0. The van der Waals surface area contributed by atoms with Gasteiger partial charge < -0.3 is 11.6 Å². The van der Waals surface area contributed by atoms with Crippen LogP contribution in [-0.2, 0) is 9.59 Å². The molecule has 0 aromatic rings. The van der Waals surface area contributed by atoms with E-state index in [0.717, 1.165) is 19.3 Å². The number of unbranched alkanes of at least 4 members (excludes halogenated alkanes) is 8. The molecule has 0 heterocycles. The smallest absolute Gasteiger partial charge is 1.00 e. The van der Waals surface area contributed by atoms with Crippen molar-refractivity contribution >= 4 is 11.9 Å². The third-order valence-corrected chi connectivity index (χ3v) is 4.67. The topological polar surface area (TPSA) is 74.6 Å². The third-order valence-electron chi connectivity index (χ3n) is 4.67. The van der Waals surface area contributed by atoms with Crippen molar-refractivity contribution in [3.05, 3.63) is 0 Å². The fourth-order valence-corrected chi connectivity index (χ4v) is 3.02. The predicted octanol–water partition coefficient (Wildman–Crippen LogP) is 2.23. The molecule has 0 atom stereocenters. The molecule has 0 unspecified atom stereocenters. The van der Waals surface area contributed by atoms with Crippen molar-refractivity contribution in [3.63, 3.8) is 0 Å². The SMILES string of the molecule is CCCCCCCCCCCC(C(=O)O)(C(=O)O)C(C)(C)C.[H-].[Li+]. The van der Waals surface area contributed by atoms with Gasteiger partial charge in [-0.25, -0.2) is 0 Å². The Hall–Kier alpha value is -0.463. The Morgan fingerprint density at radius 2 is 1.13 bits per heavy atom. The first-order chi connectivity index (χ1) is 10.2. The summed E-state index contributed by atoms with van der Waals surface area (Å²) in [6.07, 6.45) is 10.3. The van der Waals surface area contributed by atoms with Crippen LogP contribution in [-0.4, -0.2) is 22.2 Å². The van der Waals surface area contributed by atoms with Gasteiger partial charge in [-0.3, -0.25) is 9.59 Å². The van der Waals surface area contributed by atoms with Crippen molar-refractivity contribution in [2.75, 3.05) is 0 Å². The molecular formula is C18H35LiO4. The number of hydrogen-bond donors (Lipinski definition) is 2. The largest absolute Gasteiger partial charge is 1.00 e. The maximum Gasteiger partial charge on any atom is 1.00 e. The summed E-state index contributed by atoms with van der Waals surface area (Å²) >= 11 is 0. The molecule has 0 saturated carbocycles. The Kier molecular flexibility index (Phi) is 12.9. The molecule has 0 fully saturated rings. The molecule has 0 aliphatic carbocycles. The van der Waals surface area contributed by atoms with Gasteiger partial charge in [0.2, 0.25) is 0 Å². The van der Waals surface area contributed by atoms with Crippen LogP contribution in [0.4, 0.5) is 0 Å². The quantitative estimate of drug-likeness (QED) is 0.328. The summed E-state index contributed by atoms with van der Waals surface area (Å²) in [5.41, 5.74) is -2.49. The van der Waals surface area contributed by atoms with Gasteiger partial charge in [0.05, 0.1) is 0 Å². The molecule has 0 aliphatic heterocycles. The Labute approximate surface area is 155 Å². The molecule has 0 aromatic heterocycles.